The number of carboxylic acids is 2. The molecule has 2 aliphatic rings. The molecular formula is C22H24F7N5O6S. The molecule has 11 nitrogen and oxygen atoms in total. The largest absolute Gasteiger partial charge is 0.490 e. The van der Waals surface area contributed by atoms with Gasteiger partial charge < -0.3 is 15.1 Å². The maximum atomic E-state index is 13.1. The summed E-state index contributed by atoms with van der Waals surface area (Å²) in [4.78, 5) is 34.3. The van der Waals surface area contributed by atoms with Crippen molar-refractivity contribution in [3.8, 4) is 0 Å². The molecule has 41 heavy (non-hydrogen) atoms. The van der Waals surface area contributed by atoms with Crippen molar-refractivity contribution in [3.63, 3.8) is 0 Å². The van der Waals surface area contributed by atoms with Crippen LogP contribution in [-0.4, -0.2) is 99.5 Å². The van der Waals surface area contributed by atoms with Crippen LogP contribution in [0.1, 0.15) is 18.4 Å². The number of hydrogen-bond donors (Lipinski definition) is 2. The van der Waals surface area contributed by atoms with Gasteiger partial charge in [0.25, 0.3) is 0 Å². The molecule has 2 atom stereocenters. The first-order valence-corrected chi connectivity index (χ1v) is 13.3. The highest BCUT2D eigenvalue weighted by atomic mass is 32.2. The predicted molar refractivity (Wildman–Crippen MR) is 127 cm³/mol. The van der Waals surface area contributed by atoms with Gasteiger partial charge in [0.15, 0.2) is 15.7 Å². The zero-order chi connectivity index (χ0) is 31.0. The summed E-state index contributed by atoms with van der Waals surface area (Å²) in [6.45, 7) is 2.42. The van der Waals surface area contributed by atoms with E-state index in [2.05, 4.69) is 19.9 Å². The number of halogens is 7. The van der Waals surface area contributed by atoms with Crippen molar-refractivity contribution in [1.82, 2.24) is 19.9 Å². The van der Waals surface area contributed by atoms with E-state index in [-0.39, 0.29) is 11.8 Å². The van der Waals surface area contributed by atoms with Gasteiger partial charge in [0, 0.05) is 44.6 Å². The SMILES string of the molecule is O=C(O)C(F)(F)F.O=C(O)C(F)(F)F.O=S1(=O)CCN(Cc2cccnc2)[C@H]2CCN(c3ncc(F)cn3)CC[C@H]21. The fraction of sp³-hybridized carbons (Fsp3) is 0.500. The quantitative estimate of drug-likeness (QED) is 0.488. The Morgan fingerprint density at radius 1 is 0.927 bits per heavy atom. The molecule has 2 fully saturated rings. The number of aliphatic carboxylic acids is 2. The van der Waals surface area contributed by atoms with Crippen LogP contribution >= 0.6 is 0 Å². The van der Waals surface area contributed by atoms with Gasteiger partial charge in [-0.15, -0.1) is 0 Å². The molecule has 0 saturated carbocycles. The zero-order valence-corrected chi connectivity index (χ0v) is 21.7. The topological polar surface area (TPSA) is 154 Å². The number of alkyl halides is 6. The Morgan fingerprint density at radius 2 is 1.46 bits per heavy atom. The lowest BCUT2D eigenvalue weighted by molar-refractivity contribution is -0.193. The highest BCUT2D eigenvalue weighted by Crippen LogP contribution is 2.30. The van der Waals surface area contributed by atoms with Crippen LogP contribution in [0.4, 0.5) is 36.7 Å². The van der Waals surface area contributed by atoms with Crippen LogP contribution in [0.3, 0.4) is 0 Å². The summed E-state index contributed by atoms with van der Waals surface area (Å²) in [5, 5.41) is 13.9. The molecule has 0 unspecified atom stereocenters. The highest BCUT2D eigenvalue weighted by molar-refractivity contribution is 7.92. The Kier molecular flexibility index (Phi) is 11.3. The first-order valence-electron chi connectivity index (χ1n) is 11.6. The van der Waals surface area contributed by atoms with Crippen LogP contribution in [0.5, 0.6) is 0 Å². The van der Waals surface area contributed by atoms with Gasteiger partial charge in [-0.25, -0.2) is 32.4 Å². The monoisotopic (exact) mass is 619 g/mol. The molecule has 2 aliphatic heterocycles. The molecule has 19 heteroatoms. The molecule has 4 heterocycles. The van der Waals surface area contributed by atoms with E-state index in [9.17, 15) is 39.2 Å². The van der Waals surface area contributed by atoms with Crippen LogP contribution < -0.4 is 4.90 Å². The van der Waals surface area contributed by atoms with Crippen molar-refractivity contribution in [2.45, 2.75) is 43.0 Å². The summed E-state index contributed by atoms with van der Waals surface area (Å²) < 4.78 is 102. The molecule has 0 spiro atoms. The van der Waals surface area contributed by atoms with Crippen molar-refractivity contribution >= 4 is 27.7 Å². The number of carboxylic acid groups (broad SMARTS) is 2. The molecule has 2 aromatic heterocycles. The fourth-order valence-electron chi connectivity index (χ4n) is 4.05. The summed E-state index contributed by atoms with van der Waals surface area (Å²) in [6.07, 6.45) is -3.09. The number of sulfone groups is 1. The van der Waals surface area contributed by atoms with Crippen LogP contribution in [0.25, 0.3) is 0 Å². The fourth-order valence-corrected chi connectivity index (χ4v) is 6.09. The Hall–Kier alpha value is -3.61. The van der Waals surface area contributed by atoms with Crippen LogP contribution in [0.2, 0.25) is 0 Å². The average Bonchev–Trinajstić information content (AvgIpc) is 3.11. The maximum absolute atomic E-state index is 13.1. The van der Waals surface area contributed by atoms with E-state index in [1.165, 1.54) is 0 Å². The number of carbonyl (C=O) groups is 2. The third-order valence-electron chi connectivity index (χ3n) is 5.88. The van der Waals surface area contributed by atoms with Crippen LogP contribution in [0, 0.1) is 5.82 Å². The molecule has 0 amide bonds. The third-order valence-corrected chi connectivity index (χ3v) is 8.11. The standard InChI is InChI=1S/C18H22FN5O2S.2C2HF3O2/c19-15-11-21-18(22-12-15)23-6-3-16-17(4-7-23)27(25,26)9-8-24(16)13-14-2-1-5-20-10-14;2*3-2(4,5)1(6)7/h1-2,5,10-12,16-17H,3-4,6-9,13H2;2*(H,6,7)/t16-,17+;;/m0../s1. The Labute approximate surface area is 228 Å². The Bertz CT molecular complexity index is 1240. The molecular weight excluding hydrogens is 595 g/mol. The molecule has 228 valence electrons. The second-order valence-electron chi connectivity index (χ2n) is 8.68. The van der Waals surface area contributed by atoms with E-state index in [1.807, 2.05) is 23.2 Å². The van der Waals surface area contributed by atoms with Gasteiger partial charge in [0.05, 0.1) is 23.4 Å². The number of hydrogen-bond acceptors (Lipinski definition) is 9. The summed E-state index contributed by atoms with van der Waals surface area (Å²) >= 11 is 0. The number of fused-ring (bicyclic) bond motifs is 1. The average molecular weight is 620 g/mol. The first-order chi connectivity index (χ1) is 18.9. The predicted octanol–water partition coefficient (Wildman–Crippen LogP) is 2.55. The number of nitrogens with zero attached hydrogens (tertiary/aromatic N) is 5. The number of pyridine rings is 1. The van der Waals surface area contributed by atoms with E-state index in [4.69, 9.17) is 19.8 Å². The minimum Gasteiger partial charge on any atom is -0.475 e. The number of aromatic nitrogens is 3. The van der Waals surface area contributed by atoms with Crippen molar-refractivity contribution < 1.29 is 59.0 Å². The first kappa shape index (κ1) is 33.6. The summed E-state index contributed by atoms with van der Waals surface area (Å²) in [7, 11) is -3.13. The molecule has 0 bridgehead atoms. The van der Waals surface area contributed by atoms with E-state index < -0.39 is 45.2 Å². The molecule has 0 aliphatic carbocycles. The lowest BCUT2D eigenvalue weighted by atomic mass is 10.1. The zero-order valence-electron chi connectivity index (χ0n) is 20.9. The molecule has 0 aromatic carbocycles. The van der Waals surface area contributed by atoms with Crippen LogP contribution in [0.15, 0.2) is 36.9 Å². The summed E-state index contributed by atoms with van der Waals surface area (Å²) in [5.74, 6) is -5.36. The smallest absolute Gasteiger partial charge is 0.475 e. The van der Waals surface area contributed by atoms with Crippen molar-refractivity contribution in [2.75, 3.05) is 30.3 Å². The van der Waals surface area contributed by atoms with Gasteiger partial charge in [0.1, 0.15) is 0 Å². The lowest BCUT2D eigenvalue weighted by Crippen LogP contribution is -2.54. The van der Waals surface area contributed by atoms with E-state index in [0.29, 0.717) is 45.0 Å². The van der Waals surface area contributed by atoms with Gasteiger partial charge >= 0.3 is 24.3 Å². The highest BCUT2D eigenvalue weighted by Gasteiger charge is 2.43. The molecule has 0 radical (unpaired) electrons. The maximum Gasteiger partial charge on any atom is 0.490 e. The second-order valence-corrected chi connectivity index (χ2v) is 11.0. The van der Waals surface area contributed by atoms with Gasteiger partial charge in [-0.2, -0.15) is 26.3 Å². The minimum atomic E-state index is -5.08. The molecule has 2 saturated heterocycles. The Morgan fingerprint density at radius 3 is 1.95 bits per heavy atom. The van der Waals surface area contributed by atoms with Gasteiger partial charge in [0.2, 0.25) is 5.95 Å². The molecule has 4 rings (SSSR count). The van der Waals surface area contributed by atoms with Gasteiger partial charge in [-0.3, -0.25) is 9.88 Å². The molecule has 2 N–H and O–H groups in total. The van der Waals surface area contributed by atoms with E-state index in [1.54, 1.807) is 6.20 Å². The Balaban J connectivity index is 0.000000349. The van der Waals surface area contributed by atoms with E-state index >= 15 is 0 Å². The second kappa shape index (κ2) is 13.8. The summed E-state index contributed by atoms with van der Waals surface area (Å²) in [5.41, 5.74) is 1.08. The normalized spacial score (nSPS) is 20.7. The number of rotatable bonds is 3. The van der Waals surface area contributed by atoms with Crippen molar-refractivity contribution in [2.24, 2.45) is 0 Å². The minimum absolute atomic E-state index is 0.0468. The third kappa shape index (κ3) is 10.4. The van der Waals surface area contributed by atoms with Crippen LogP contribution in [-0.2, 0) is 26.0 Å². The summed E-state index contributed by atoms with van der Waals surface area (Å²) in [6, 6.07) is 3.86. The van der Waals surface area contributed by atoms with E-state index in [0.717, 1.165) is 18.0 Å². The lowest BCUT2D eigenvalue weighted by Gasteiger charge is -2.40. The van der Waals surface area contributed by atoms with Crippen molar-refractivity contribution in [3.05, 3.63) is 48.3 Å². The molecule has 2 aromatic rings. The van der Waals surface area contributed by atoms with Gasteiger partial charge in [-0.1, -0.05) is 6.07 Å². The number of anilines is 1. The van der Waals surface area contributed by atoms with Gasteiger partial charge in [-0.05, 0) is 24.5 Å². The van der Waals surface area contributed by atoms with Crippen molar-refractivity contribution in [1.29, 1.82) is 0 Å².